The zero-order chi connectivity index (χ0) is 8.91. The van der Waals surface area contributed by atoms with Crippen LogP contribution in [0.15, 0.2) is 0 Å². The molecule has 0 fully saturated rings. The molecule has 0 aliphatic heterocycles. The van der Waals surface area contributed by atoms with Gasteiger partial charge < -0.3 is 4.74 Å². The molecule has 0 aromatic carbocycles. The monoisotopic (exact) mass is 192 g/mol. The first kappa shape index (κ1) is 10.7. The summed E-state index contributed by atoms with van der Waals surface area (Å²) < 4.78 is 57.0. The summed E-state index contributed by atoms with van der Waals surface area (Å²) in [5, 5.41) is 0. The summed E-state index contributed by atoms with van der Waals surface area (Å²) in [7, 11) is -4.55. The summed E-state index contributed by atoms with van der Waals surface area (Å²) >= 11 is 0. The Morgan fingerprint density at radius 2 is 1.91 bits per heavy atom. The molecule has 68 valence electrons. The summed E-state index contributed by atoms with van der Waals surface area (Å²) in [6.45, 7) is -4.21. The van der Waals surface area contributed by atoms with Gasteiger partial charge in [0.15, 0.2) is 0 Å². The molecule has 5 nitrogen and oxygen atoms in total. The van der Waals surface area contributed by atoms with Gasteiger partial charge in [0.2, 0.25) is 0 Å². The van der Waals surface area contributed by atoms with Gasteiger partial charge in [0.25, 0.3) is 0 Å². The van der Waals surface area contributed by atoms with Gasteiger partial charge in [-0.3, -0.25) is 4.55 Å². The fraction of sp³-hybridized carbons (Fsp3) is 1.00. The molecular weight excluding hydrogens is 186 g/mol. The van der Waals surface area contributed by atoms with Crippen molar-refractivity contribution < 1.29 is 30.7 Å². The largest absolute Gasteiger partial charge is 0.397 e. The molecule has 0 aromatic rings. The van der Waals surface area contributed by atoms with Crippen LogP contribution in [0.1, 0.15) is 0 Å². The zero-order valence-corrected chi connectivity index (χ0v) is 6.05. The van der Waals surface area contributed by atoms with E-state index in [9.17, 15) is 17.2 Å². The maximum Gasteiger partial charge on any atom is 0.397 e. The topological polar surface area (TPSA) is 72.8 Å². The molecule has 0 saturated heterocycles. The average molecular weight is 192 g/mol. The molecule has 0 bridgehead atoms. The highest BCUT2D eigenvalue weighted by molar-refractivity contribution is 7.80. The Labute approximate surface area is 61.9 Å². The zero-order valence-electron chi connectivity index (χ0n) is 5.24. The van der Waals surface area contributed by atoms with Crippen LogP contribution in [0.3, 0.4) is 0 Å². The third-order valence-electron chi connectivity index (χ3n) is 0.559. The Bertz CT molecular complexity index is 188. The molecule has 0 amide bonds. The fourth-order valence-electron chi connectivity index (χ4n) is 0.277. The van der Waals surface area contributed by atoms with Gasteiger partial charge in [-0.1, -0.05) is 0 Å². The third-order valence-corrected chi connectivity index (χ3v) is 1.02. The molecule has 0 atom stereocenters. The van der Waals surface area contributed by atoms with Crippen molar-refractivity contribution in [2.45, 2.75) is 6.61 Å². The lowest BCUT2D eigenvalue weighted by atomic mass is 10.8. The van der Waals surface area contributed by atoms with Gasteiger partial charge in [0, 0.05) is 0 Å². The number of ether oxygens (including phenoxy) is 1. The summed E-state index contributed by atoms with van der Waals surface area (Å²) in [4.78, 5) is 0. The van der Waals surface area contributed by atoms with Crippen LogP contribution in [-0.4, -0.2) is 32.8 Å². The lowest BCUT2D eigenvalue weighted by Crippen LogP contribution is -2.11. The summed E-state index contributed by atoms with van der Waals surface area (Å²) in [6, 6.07) is 0. The van der Waals surface area contributed by atoms with Crippen LogP contribution in [0.4, 0.5) is 8.78 Å². The van der Waals surface area contributed by atoms with Gasteiger partial charge in [0.05, 0.1) is 13.2 Å². The van der Waals surface area contributed by atoms with E-state index in [0.717, 1.165) is 0 Å². The van der Waals surface area contributed by atoms with E-state index in [2.05, 4.69) is 8.92 Å². The Morgan fingerprint density at radius 1 is 1.36 bits per heavy atom. The molecule has 0 aliphatic carbocycles. The van der Waals surface area contributed by atoms with Gasteiger partial charge in [-0.25, -0.2) is 4.18 Å². The van der Waals surface area contributed by atoms with Crippen LogP contribution in [0.25, 0.3) is 0 Å². The Hall–Kier alpha value is -0.310. The predicted molar refractivity (Wildman–Crippen MR) is 29.5 cm³/mol. The molecular formula is C3H6F2O5S. The maximum absolute atomic E-state index is 11.2. The van der Waals surface area contributed by atoms with Crippen LogP contribution in [0.5, 0.6) is 0 Å². The SMILES string of the molecule is O=S(=O)(O)OCCOC(F)F. The first-order valence-electron chi connectivity index (χ1n) is 2.43. The second-order valence-electron chi connectivity index (χ2n) is 1.38. The Kier molecular flexibility index (Phi) is 4.42. The van der Waals surface area contributed by atoms with Crippen LogP contribution in [0.2, 0.25) is 0 Å². The third kappa shape index (κ3) is 9.69. The van der Waals surface area contributed by atoms with Crippen molar-refractivity contribution in [3.63, 3.8) is 0 Å². The van der Waals surface area contributed by atoms with Gasteiger partial charge >= 0.3 is 17.0 Å². The Morgan fingerprint density at radius 3 is 2.27 bits per heavy atom. The number of alkyl halides is 2. The van der Waals surface area contributed by atoms with E-state index >= 15 is 0 Å². The molecule has 11 heavy (non-hydrogen) atoms. The molecule has 0 radical (unpaired) electrons. The standard InChI is InChI=1S/C3H6F2O5S/c4-3(5)9-1-2-10-11(6,7)8/h3H,1-2H2,(H,6,7,8). The summed E-state index contributed by atoms with van der Waals surface area (Å²) in [5.74, 6) is 0. The van der Waals surface area contributed by atoms with E-state index in [-0.39, 0.29) is 0 Å². The Balaban J connectivity index is 3.30. The van der Waals surface area contributed by atoms with Gasteiger partial charge in [-0.15, -0.1) is 0 Å². The lowest BCUT2D eigenvalue weighted by molar-refractivity contribution is -0.133. The molecule has 0 rings (SSSR count). The highest BCUT2D eigenvalue weighted by Gasteiger charge is 2.05. The molecule has 0 spiro atoms. The first-order valence-corrected chi connectivity index (χ1v) is 3.80. The molecule has 8 heteroatoms. The van der Waals surface area contributed by atoms with Crippen molar-refractivity contribution in [1.29, 1.82) is 0 Å². The van der Waals surface area contributed by atoms with Crippen LogP contribution in [-0.2, 0) is 19.3 Å². The summed E-state index contributed by atoms with van der Waals surface area (Å²) in [5.41, 5.74) is 0. The van der Waals surface area contributed by atoms with Gasteiger partial charge in [-0.2, -0.15) is 17.2 Å². The first-order chi connectivity index (χ1) is 4.92. The highest BCUT2D eigenvalue weighted by Crippen LogP contribution is 1.94. The van der Waals surface area contributed by atoms with Crippen molar-refractivity contribution in [2.24, 2.45) is 0 Å². The van der Waals surface area contributed by atoms with Crippen LogP contribution in [0, 0.1) is 0 Å². The second-order valence-corrected chi connectivity index (χ2v) is 2.47. The van der Waals surface area contributed by atoms with E-state index in [1.165, 1.54) is 0 Å². The minimum Gasteiger partial charge on any atom is -0.320 e. The normalized spacial score (nSPS) is 12.4. The quantitative estimate of drug-likeness (QED) is 0.492. The minimum absolute atomic E-state index is 0.600. The van der Waals surface area contributed by atoms with E-state index < -0.39 is 30.2 Å². The number of hydrogen-bond donors (Lipinski definition) is 1. The minimum atomic E-state index is -4.55. The van der Waals surface area contributed by atoms with Crippen LogP contribution < -0.4 is 0 Å². The summed E-state index contributed by atoms with van der Waals surface area (Å²) in [6.07, 6.45) is 0. The number of halogens is 2. The molecule has 0 heterocycles. The van der Waals surface area contributed by atoms with E-state index in [1.54, 1.807) is 0 Å². The van der Waals surface area contributed by atoms with Crippen molar-refractivity contribution in [3.05, 3.63) is 0 Å². The van der Waals surface area contributed by atoms with Gasteiger partial charge in [0.1, 0.15) is 0 Å². The van der Waals surface area contributed by atoms with E-state index in [1.807, 2.05) is 0 Å². The molecule has 0 aliphatic rings. The van der Waals surface area contributed by atoms with Crippen molar-refractivity contribution >= 4 is 10.4 Å². The lowest BCUT2D eigenvalue weighted by Gasteiger charge is -2.00. The van der Waals surface area contributed by atoms with Crippen molar-refractivity contribution in [2.75, 3.05) is 13.2 Å². The predicted octanol–water partition coefficient (Wildman–Crippen LogP) is 0.0450. The highest BCUT2D eigenvalue weighted by atomic mass is 32.3. The van der Waals surface area contributed by atoms with Gasteiger partial charge in [-0.05, 0) is 0 Å². The van der Waals surface area contributed by atoms with Crippen molar-refractivity contribution in [1.82, 2.24) is 0 Å². The number of hydrogen-bond acceptors (Lipinski definition) is 4. The molecule has 1 N–H and O–H groups in total. The second kappa shape index (κ2) is 4.54. The fourth-order valence-corrected chi connectivity index (χ4v) is 0.555. The van der Waals surface area contributed by atoms with Crippen molar-refractivity contribution in [3.8, 4) is 0 Å². The van der Waals surface area contributed by atoms with E-state index in [0.29, 0.717) is 0 Å². The maximum atomic E-state index is 11.2. The smallest absolute Gasteiger partial charge is 0.320 e. The average Bonchev–Trinajstić information content (AvgIpc) is 1.78. The van der Waals surface area contributed by atoms with Crippen LogP contribution >= 0.6 is 0 Å². The molecule has 0 aromatic heterocycles. The van der Waals surface area contributed by atoms with E-state index in [4.69, 9.17) is 4.55 Å². The number of rotatable bonds is 5. The molecule has 0 saturated carbocycles. The molecule has 0 unspecified atom stereocenters.